The Hall–Kier alpha value is -1.49. The average Bonchev–Trinajstić information content (AvgIpc) is 2.75. The van der Waals surface area contributed by atoms with Gasteiger partial charge < -0.3 is 5.11 Å². The number of halogens is 6. The van der Waals surface area contributed by atoms with Crippen LogP contribution in [0.2, 0.25) is 0 Å². The molecule has 0 saturated heterocycles. The van der Waals surface area contributed by atoms with Crippen LogP contribution in [0.1, 0.15) is 12.0 Å². The van der Waals surface area contributed by atoms with Crippen LogP contribution < -0.4 is 0 Å². The minimum Gasteiger partial charge on any atom is -0.392 e. The van der Waals surface area contributed by atoms with Gasteiger partial charge in [0.25, 0.3) is 0 Å². The fourth-order valence-electron chi connectivity index (χ4n) is 1.63. The molecule has 2 aromatic rings. The Morgan fingerprint density at radius 1 is 1.14 bits per heavy atom. The lowest BCUT2D eigenvalue weighted by Crippen LogP contribution is -2.21. The summed E-state index contributed by atoms with van der Waals surface area (Å²) in [6.07, 6.45) is -11.4. The maximum absolute atomic E-state index is 12.6. The molecule has 1 N–H and O–H groups in total. The third kappa shape index (κ3) is 4.26. The lowest BCUT2D eigenvalue weighted by atomic mass is 10.3. The van der Waals surface area contributed by atoms with Gasteiger partial charge in [-0.2, -0.15) is 26.3 Å². The molecule has 0 aliphatic carbocycles. The smallest absolute Gasteiger partial charge is 0.392 e. The van der Waals surface area contributed by atoms with Gasteiger partial charge in [-0.05, 0) is 12.1 Å². The van der Waals surface area contributed by atoms with Crippen LogP contribution in [-0.4, -0.2) is 37.7 Å². The number of hydrogen-bond donors (Lipinski definition) is 1. The fourth-order valence-corrected chi connectivity index (χ4v) is 2.48. The van der Waals surface area contributed by atoms with Crippen molar-refractivity contribution in [3.05, 3.63) is 23.9 Å². The number of aliphatic hydroxyl groups is 1. The van der Waals surface area contributed by atoms with Crippen molar-refractivity contribution in [1.29, 1.82) is 0 Å². The Balaban J connectivity index is 2.15. The number of nitrogens with zero attached hydrogens (tertiary/aromatic N) is 3. The number of aliphatic hydroxyl groups excluding tert-OH is 1. The van der Waals surface area contributed by atoms with E-state index in [1.807, 2.05) is 0 Å². The highest BCUT2D eigenvalue weighted by atomic mass is 32.2. The van der Waals surface area contributed by atoms with Crippen LogP contribution in [0.4, 0.5) is 26.3 Å². The maximum atomic E-state index is 12.6. The lowest BCUT2D eigenvalue weighted by molar-refractivity contribution is -0.150. The van der Waals surface area contributed by atoms with E-state index >= 15 is 0 Å². The predicted molar refractivity (Wildman–Crippen MR) is 65.4 cm³/mol. The average molecular weight is 345 g/mol. The molecule has 0 bridgehead atoms. The first-order valence-electron chi connectivity index (χ1n) is 5.86. The van der Waals surface area contributed by atoms with E-state index in [0.717, 1.165) is 22.7 Å². The van der Waals surface area contributed by atoms with Crippen LogP contribution in [0.15, 0.2) is 23.5 Å². The summed E-state index contributed by atoms with van der Waals surface area (Å²) >= 11 is 0.697. The molecule has 122 valence electrons. The summed E-state index contributed by atoms with van der Waals surface area (Å²) in [6.45, 7) is 0. The van der Waals surface area contributed by atoms with Gasteiger partial charge in [0, 0.05) is 11.9 Å². The molecule has 1 atom stereocenters. The van der Waals surface area contributed by atoms with Crippen LogP contribution >= 0.6 is 11.8 Å². The number of aromatic nitrogens is 3. The summed E-state index contributed by atoms with van der Waals surface area (Å²) in [5.74, 6) is -0.365. The zero-order valence-electron chi connectivity index (χ0n) is 10.7. The van der Waals surface area contributed by atoms with Crippen LogP contribution in [0.5, 0.6) is 0 Å². The number of rotatable bonds is 4. The van der Waals surface area contributed by atoms with Gasteiger partial charge in [-0.15, -0.1) is 10.2 Å². The highest BCUT2D eigenvalue weighted by molar-refractivity contribution is 7.99. The third-order valence-electron chi connectivity index (χ3n) is 2.57. The molecule has 0 saturated carbocycles. The molecule has 0 fully saturated rings. The number of hydrogen-bond acceptors (Lipinski definition) is 4. The summed E-state index contributed by atoms with van der Waals surface area (Å²) < 4.78 is 75.1. The first-order chi connectivity index (χ1) is 10.1. The minimum atomic E-state index is -4.56. The molecule has 0 amide bonds. The molecule has 0 unspecified atom stereocenters. The van der Waals surface area contributed by atoms with Crippen molar-refractivity contribution in [1.82, 2.24) is 14.6 Å². The highest BCUT2D eigenvalue weighted by Gasteiger charge is 2.32. The van der Waals surface area contributed by atoms with Crippen molar-refractivity contribution in [2.24, 2.45) is 0 Å². The van der Waals surface area contributed by atoms with Crippen LogP contribution in [-0.2, 0) is 6.18 Å². The Morgan fingerprint density at radius 3 is 2.41 bits per heavy atom. The number of fused-ring (bicyclic) bond motifs is 1. The largest absolute Gasteiger partial charge is 0.417 e. The van der Waals surface area contributed by atoms with Crippen molar-refractivity contribution in [3.8, 4) is 0 Å². The fraction of sp³-hybridized carbons (Fsp3) is 0.455. The molecule has 0 aliphatic heterocycles. The first-order valence-corrected chi connectivity index (χ1v) is 6.84. The molecule has 0 aliphatic rings. The molecule has 4 nitrogen and oxygen atoms in total. The van der Waals surface area contributed by atoms with E-state index in [0.29, 0.717) is 11.8 Å². The van der Waals surface area contributed by atoms with Crippen molar-refractivity contribution < 1.29 is 31.4 Å². The van der Waals surface area contributed by atoms with Gasteiger partial charge in [0.1, 0.15) is 0 Å². The second kappa shape index (κ2) is 5.95. The van der Waals surface area contributed by atoms with E-state index in [2.05, 4.69) is 10.2 Å². The molecular formula is C11H9F6N3OS. The van der Waals surface area contributed by atoms with Gasteiger partial charge >= 0.3 is 12.4 Å². The van der Waals surface area contributed by atoms with Gasteiger partial charge in [-0.25, -0.2) is 0 Å². The Bertz CT molecular complexity index is 653. The molecule has 0 aromatic carbocycles. The van der Waals surface area contributed by atoms with Crippen LogP contribution in [0, 0.1) is 0 Å². The van der Waals surface area contributed by atoms with Gasteiger partial charge in [-0.1, -0.05) is 11.8 Å². The molecule has 2 aromatic heterocycles. The summed E-state index contributed by atoms with van der Waals surface area (Å²) in [7, 11) is 0. The van der Waals surface area contributed by atoms with E-state index in [-0.39, 0.29) is 16.6 Å². The Kier molecular flexibility index (Phi) is 4.57. The molecule has 0 spiro atoms. The van der Waals surface area contributed by atoms with Gasteiger partial charge in [-0.3, -0.25) is 4.40 Å². The number of pyridine rings is 1. The second-order valence-corrected chi connectivity index (χ2v) is 5.40. The summed E-state index contributed by atoms with van der Waals surface area (Å²) in [6, 6.07) is 1.93. The van der Waals surface area contributed by atoms with Crippen molar-refractivity contribution in [2.45, 2.75) is 30.0 Å². The molecule has 11 heteroatoms. The maximum Gasteiger partial charge on any atom is 0.417 e. The van der Waals surface area contributed by atoms with Crippen molar-refractivity contribution in [2.75, 3.05) is 5.75 Å². The third-order valence-corrected chi connectivity index (χ3v) is 3.66. The van der Waals surface area contributed by atoms with Crippen LogP contribution in [0.3, 0.4) is 0 Å². The van der Waals surface area contributed by atoms with E-state index in [1.54, 1.807) is 0 Å². The predicted octanol–water partition coefficient (Wildman–Crippen LogP) is 3.15. The topological polar surface area (TPSA) is 50.4 Å². The number of thioether (sulfide) groups is 1. The summed E-state index contributed by atoms with van der Waals surface area (Å²) in [4.78, 5) is 0. The molecule has 2 heterocycles. The second-order valence-electron chi connectivity index (χ2n) is 4.41. The van der Waals surface area contributed by atoms with Gasteiger partial charge in [0.15, 0.2) is 10.8 Å². The SMILES string of the molecule is O[C@H](CSc1nnc2ccc(C(F)(F)F)cn12)CC(F)(F)F. The van der Waals surface area contributed by atoms with Crippen molar-refractivity contribution >= 4 is 17.4 Å². The van der Waals surface area contributed by atoms with Gasteiger partial charge in [0.2, 0.25) is 0 Å². The van der Waals surface area contributed by atoms with E-state index < -0.39 is 30.4 Å². The zero-order valence-corrected chi connectivity index (χ0v) is 11.5. The minimum absolute atomic E-state index is 0.0256. The molecule has 22 heavy (non-hydrogen) atoms. The Morgan fingerprint density at radius 2 is 1.82 bits per heavy atom. The summed E-state index contributed by atoms with van der Waals surface area (Å²) in [5.41, 5.74) is -0.807. The first kappa shape index (κ1) is 16.9. The quantitative estimate of drug-likeness (QED) is 0.683. The monoisotopic (exact) mass is 345 g/mol. The standard InChI is InChI=1S/C11H9F6N3OS/c12-10(13,14)3-7(21)5-22-9-19-18-8-2-1-6(4-20(8)9)11(15,16)17/h1-2,4,7,21H,3,5H2/t7-/m0/s1. The molecule has 0 radical (unpaired) electrons. The zero-order chi connectivity index (χ0) is 16.5. The molecular weight excluding hydrogens is 336 g/mol. The van der Waals surface area contributed by atoms with E-state index in [1.165, 1.54) is 0 Å². The van der Waals surface area contributed by atoms with E-state index in [9.17, 15) is 31.4 Å². The lowest BCUT2D eigenvalue weighted by Gasteiger charge is -2.12. The normalized spacial score (nSPS) is 14.5. The van der Waals surface area contributed by atoms with E-state index in [4.69, 9.17) is 0 Å². The summed E-state index contributed by atoms with van der Waals surface area (Å²) in [5, 5.41) is 16.5. The number of alkyl halides is 6. The highest BCUT2D eigenvalue weighted by Crippen LogP contribution is 2.30. The van der Waals surface area contributed by atoms with Gasteiger partial charge in [0.05, 0.1) is 18.1 Å². The van der Waals surface area contributed by atoms with Crippen LogP contribution in [0.25, 0.3) is 5.65 Å². The van der Waals surface area contributed by atoms with Crippen molar-refractivity contribution in [3.63, 3.8) is 0 Å². The molecule has 2 rings (SSSR count). The Labute approximate surface area is 124 Å².